The van der Waals surface area contributed by atoms with Gasteiger partial charge in [0.2, 0.25) is 5.91 Å². The Morgan fingerprint density at radius 2 is 2.04 bits per heavy atom. The lowest BCUT2D eigenvalue weighted by molar-refractivity contribution is -0.132. The third kappa shape index (κ3) is 3.48. The molecular formula is C19H23N5O. The van der Waals surface area contributed by atoms with E-state index in [2.05, 4.69) is 26.1 Å². The molecule has 6 heteroatoms. The summed E-state index contributed by atoms with van der Waals surface area (Å²) in [6.07, 6.45) is 5.58. The first-order valence-corrected chi connectivity index (χ1v) is 8.96. The molecular weight excluding hydrogens is 314 g/mol. The Morgan fingerprint density at radius 3 is 2.80 bits per heavy atom. The second kappa shape index (κ2) is 6.78. The van der Waals surface area contributed by atoms with Gasteiger partial charge in [0.05, 0.1) is 5.69 Å². The molecule has 2 aliphatic rings. The Morgan fingerprint density at radius 1 is 1.12 bits per heavy atom. The van der Waals surface area contributed by atoms with E-state index in [1.54, 1.807) is 6.20 Å². The summed E-state index contributed by atoms with van der Waals surface area (Å²) < 4.78 is 0. The molecule has 1 amide bonds. The van der Waals surface area contributed by atoms with Crippen molar-refractivity contribution in [2.45, 2.75) is 25.7 Å². The van der Waals surface area contributed by atoms with Crippen molar-refractivity contribution < 1.29 is 4.79 Å². The van der Waals surface area contributed by atoms with Crippen molar-refractivity contribution in [3.63, 3.8) is 0 Å². The Labute approximate surface area is 147 Å². The van der Waals surface area contributed by atoms with Gasteiger partial charge in [-0.25, -0.2) is 0 Å². The fourth-order valence-electron chi connectivity index (χ4n) is 3.59. The van der Waals surface area contributed by atoms with E-state index in [9.17, 15) is 4.79 Å². The Balaban J connectivity index is 1.36. The summed E-state index contributed by atoms with van der Waals surface area (Å²) in [6, 6.07) is 8.02. The van der Waals surface area contributed by atoms with Crippen LogP contribution in [0.2, 0.25) is 0 Å². The van der Waals surface area contributed by atoms with Gasteiger partial charge in [-0.15, -0.1) is 5.10 Å². The van der Waals surface area contributed by atoms with Gasteiger partial charge in [0, 0.05) is 44.5 Å². The molecule has 0 spiro atoms. The van der Waals surface area contributed by atoms with Crippen LogP contribution in [-0.2, 0) is 4.79 Å². The highest BCUT2D eigenvalue weighted by Gasteiger charge is 2.45. The summed E-state index contributed by atoms with van der Waals surface area (Å²) >= 11 is 0. The molecule has 2 fully saturated rings. The first-order valence-electron chi connectivity index (χ1n) is 8.96. The average Bonchev–Trinajstić information content (AvgIpc) is 3.46. The number of aryl methyl sites for hydroxylation is 1. The summed E-state index contributed by atoms with van der Waals surface area (Å²) in [5.74, 6) is 1.68. The third-order valence-electron chi connectivity index (χ3n) is 5.14. The lowest BCUT2D eigenvalue weighted by atomic mass is 10.1. The molecule has 0 N–H and O–H groups in total. The van der Waals surface area contributed by atoms with Crippen LogP contribution in [0.1, 0.15) is 30.0 Å². The molecule has 2 aromatic heterocycles. The largest absolute Gasteiger partial charge is 0.353 e. The Kier molecular flexibility index (Phi) is 4.34. The Hall–Kier alpha value is -2.50. The van der Waals surface area contributed by atoms with Crippen molar-refractivity contribution in [3.8, 4) is 0 Å². The standard InChI is InChI=1S/C19H23N5O/c1-14-5-6-18(22-21-14)23-8-3-9-24(11-10-23)19(25)17-12-16(17)15-4-2-7-20-13-15/h2,4-7,13,16-17H,3,8-12H2,1H3/t16-,17+/m0/s1. The van der Waals surface area contributed by atoms with Crippen molar-refractivity contribution in [1.82, 2.24) is 20.1 Å². The van der Waals surface area contributed by atoms with E-state index in [1.165, 1.54) is 5.56 Å². The maximum Gasteiger partial charge on any atom is 0.226 e. The molecule has 4 rings (SSSR count). The first-order chi connectivity index (χ1) is 12.2. The van der Waals surface area contributed by atoms with Crippen molar-refractivity contribution in [3.05, 3.63) is 47.9 Å². The van der Waals surface area contributed by atoms with Gasteiger partial charge in [-0.1, -0.05) is 6.07 Å². The normalized spacial score (nSPS) is 23.2. The predicted molar refractivity (Wildman–Crippen MR) is 95.3 cm³/mol. The molecule has 1 saturated heterocycles. The molecule has 0 aromatic carbocycles. The predicted octanol–water partition coefficient (Wildman–Crippen LogP) is 2.02. The van der Waals surface area contributed by atoms with Crippen molar-refractivity contribution >= 4 is 11.7 Å². The number of nitrogens with zero attached hydrogens (tertiary/aromatic N) is 5. The fraction of sp³-hybridized carbons (Fsp3) is 0.474. The first kappa shape index (κ1) is 16.0. The van der Waals surface area contributed by atoms with E-state index in [1.807, 2.05) is 36.2 Å². The molecule has 1 saturated carbocycles. The number of anilines is 1. The number of carbonyl (C=O) groups excluding carboxylic acids is 1. The number of pyridine rings is 1. The maximum absolute atomic E-state index is 12.8. The molecule has 1 aliphatic carbocycles. The van der Waals surface area contributed by atoms with Crippen LogP contribution in [0.4, 0.5) is 5.82 Å². The number of amides is 1. The maximum atomic E-state index is 12.8. The highest BCUT2D eigenvalue weighted by atomic mass is 16.2. The van der Waals surface area contributed by atoms with Crippen LogP contribution in [-0.4, -0.2) is 52.2 Å². The number of hydrogen-bond acceptors (Lipinski definition) is 5. The molecule has 0 unspecified atom stereocenters. The third-order valence-corrected chi connectivity index (χ3v) is 5.14. The van der Waals surface area contributed by atoms with Crippen molar-refractivity contribution in [2.24, 2.45) is 5.92 Å². The van der Waals surface area contributed by atoms with Crippen LogP contribution in [0.25, 0.3) is 0 Å². The van der Waals surface area contributed by atoms with E-state index >= 15 is 0 Å². The van der Waals surface area contributed by atoms with E-state index in [4.69, 9.17) is 0 Å². The van der Waals surface area contributed by atoms with Gasteiger partial charge in [0.25, 0.3) is 0 Å². The van der Waals surface area contributed by atoms with Crippen LogP contribution >= 0.6 is 0 Å². The van der Waals surface area contributed by atoms with Gasteiger partial charge in [-0.05, 0) is 49.4 Å². The molecule has 130 valence electrons. The van der Waals surface area contributed by atoms with Crippen LogP contribution in [0.3, 0.4) is 0 Å². The number of rotatable bonds is 3. The van der Waals surface area contributed by atoms with Gasteiger partial charge in [0.1, 0.15) is 0 Å². The topological polar surface area (TPSA) is 62.2 Å². The van der Waals surface area contributed by atoms with Crippen LogP contribution < -0.4 is 4.90 Å². The molecule has 6 nitrogen and oxygen atoms in total. The zero-order valence-electron chi connectivity index (χ0n) is 14.5. The van der Waals surface area contributed by atoms with Crippen molar-refractivity contribution in [2.75, 3.05) is 31.1 Å². The lowest BCUT2D eigenvalue weighted by Gasteiger charge is -2.22. The average molecular weight is 337 g/mol. The minimum Gasteiger partial charge on any atom is -0.353 e. The van der Waals surface area contributed by atoms with E-state index in [0.29, 0.717) is 11.8 Å². The van der Waals surface area contributed by atoms with Crippen molar-refractivity contribution in [1.29, 1.82) is 0 Å². The Bertz CT molecular complexity index is 733. The van der Waals surface area contributed by atoms with Gasteiger partial charge in [0.15, 0.2) is 5.82 Å². The summed E-state index contributed by atoms with van der Waals surface area (Å²) in [6.45, 7) is 5.25. The zero-order valence-corrected chi connectivity index (χ0v) is 14.5. The number of carbonyl (C=O) groups is 1. The summed E-state index contributed by atoms with van der Waals surface area (Å²) in [7, 11) is 0. The summed E-state index contributed by atoms with van der Waals surface area (Å²) in [5, 5.41) is 8.42. The van der Waals surface area contributed by atoms with Gasteiger partial charge in [-0.2, -0.15) is 5.10 Å². The second-order valence-electron chi connectivity index (χ2n) is 6.93. The van der Waals surface area contributed by atoms with Crippen LogP contribution in [0.5, 0.6) is 0 Å². The van der Waals surface area contributed by atoms with Gasteiger partial charge < -0.3 is 9.80 Å². The summed E-state index contributed by atoms with van der Waals surface area (Å²) in [4.78, 5) is 21.3. The molecule has 0 radical (unpaired) electrons. The van der Waals surface area contributed by atoms with E-state index < -0.39 is 0 Å². The molecule has 0 bridgehead atoms. The van der Waals surface area contributed by atoms with E-state index in [0.717, 1.165) is 50.5 Å². The van der Waals surface area contributed by atoms with Gasteiger partial charge in [-0.3, -0.25) is 9.78 Å². The number of hydrogen-bond donors (Lipinski definition) is 0. The highest BCUT2D eigenvalue weighted by molar-refractivity contribution is 5.83. The smallest absolute Gasteiger partial charge is 0.226 e. The minimum absolute atomic E-state index is 0.134. The molecule has 1 aliphatic heterocycles. The molecule has 3 heterocycles. The second-order valence-corrected chi connectivity index (χ2v) is 6.93. The lowest BCUT2D eigenvalue weighted by Crippen LogP contribution is -2.36. The molecule has 2 aromatic rings. The summed E-state index contributed by atoms with van der Waals surface area (Å²) in [5.41, 5.74) is 2.11. The van der Waals surface area contributed by atoms with E-state index in [-0.39, 0.29) is 5.92 Å². The molecule has 2 atom stereocenters. The monoisotopic (exact) mass is 337 g/mol. The van der Waals surface area contributed by atoms with Crippen LogP contribution in [0, 0.1) is 12.8 Å². The minimum atomic E-state index is 0.134. The van der Waals surface area contributed by atoms with Crippen LogP contribution in [0.15, 0.2) is 36.7 Å². The SMILES string of the molecule is Cc1ccc(N2CCCN(C(=O)[C@@H]3C[C@H]3c3cccnc3)CC2)nn1. The van der Waals surface area contributed by atoms with Gasteiger partial charge >= 0.3 is 0 Å². The fourth-order valence-corrected chi connectivity index (χ4v) is 3.59. The zero-order chi connectivity index (χ0) is 17.2. The number of aromatic nitrogens is 3. The molecule has 25 heavy (non-hydrogen) atoms. The quantitative estimate of drug-likeness (QED) is 0.857. The highest BCUT2D eigenvalue weighted by Crippen LogP contribution is 2.48.